The molecule has 6 heteroatoms. The molecule has 0 saturated heterocycles. The molecule has 3 aromatic carbocycles. The summed E-state index contributed by atoms with van der Waals surface area (Å²) in [7, 11) is 0. The number of halogens is 1. The minimum absolute atomic E-state index is 0.0223. The Bertz CT molecular complexity index is 1070. The van der Waals surface area contributed by atoms with Crippen molar-refractivity contribution in [1.29, 1.82) is 0 Å². The van der Waals surface area contributed by atoms with Crippen molar-refractivity contribution in [3.8, 4) is 0 Å². The minimum atomic E-state index is -1.05. The highest BCUT2D eigenvalue weighted by Crippen LogP contribution is 2.33. The van der Waals surface area contributed by atoms with Gasteiger partial charge in [0.05, 0.1) is 11.3 Å². The van der Waals surface area contributed by atoms with Crippen molar-refractivity contribution < 1.29 is 14.7 Å². The van der Waals surface area contributed by atoms with E-state index in [1.807, 2.05) is 48.5 Å². The van der Waals surface area contributed by atoms with Crippen molar-refractivity contribution in [2.45, 2.75) is 6.42 Å². The highest BCUT2D eigenvalue weighted by Gasteiger charge is 2.25. The predicted molar refractivity (Wildman–Crippen MR) is 110 cm³/mol. The monoisotopic (exact) mass is 392 g/mol. The molecule has 140 valence electrons. The lowest BCUT2D eigenvalue weighted by Gasteiger charge is -2.18. The fourth-order valence-corrected chi connectivity index (χ4v) is 3.56. The van der Waals surface area contributed by atoms with E-state index in [1.165, 1.54) is 6.07 Å². The molecule has 1 aliphatic rings. The van der Waals surface area contributed by atoms with Gasteiger partial charge in [0.1, 0.15) is 0 Å². The molecule has 0 aromatic heterocycles. The first-order chi connectivity index (χ1) is 13.5. The van der Waals surface area contributed by atoms with Crippen LogP contribution in [0.3, 0.4) is 0 Å². The van der Waals surface area contributed by atoms with E-state index in [0.717, 1.165) is 23.4 Å². The third-order valence-electron chi connectivity index (χ3n) is 4.73. The van der Waals surface area contributed by atoms with Crippen LogP contribution in [0.5, 0.6) is 0 Å². The van der Waals surface area contributed by atoms with E-state index in [0.29, 0.717) is 22.8 Å². The second-order valence-corrected chi connectivity index (χ2v) is 6.97. The molecule has 0 fully saturated rings. The largest absolute Gasteiger partial charge is 0.478 e. The van der Waals surface area contributed by atoms with Crippen molar-refractivity contribution in [2.75, 3.05) is 16.8 Å². The summed E-state index contributed by atoms with van der Waals surface area (Å²) in [5.41, 5.74) is 3.91. The third kappa shape index (κ3) is 3.44. The molecular weight excluding hydrogens is 376 g/mol. The Morgan fingerprint density at radius 2 is 1.79 bits per heavy atom. The number of carbonyl (C=O) groups is 2. The molecule has 4 rings (SSSR count). The van der Waals surface area contributed by atoms with Crippen molar-refractivity contribution in [3.63, 3.8) is 0 Å². The summed E-state index contributed by atoms with van der Waals surface area (Å²) >= 11 is 5.91. The number of nitrogens with one attached hydrogen (secondary N) is 1. The molecule has 0 bridgehead atoms. The number of benzene rings is 3. The maximum atomic E-state index is 12.8. The third-order valence-corrected chi connectivity index (χ3v) is 4.97. The van der Waals surface area contributed by atoms with E-state index in [-0.39, 0.29) is 11.5 Å². The van der Waals surface area contributed by atoms with Crippen molar-refractivity contribution in [1.82, 2.24) is 0 Å². The Kier molecular flexibility index (Phi) is 4.75. The quantitative estimate of drug-likeness (QED) is 0.656. The van der Waals surface area contributed by atoms with E-state index in [4.69, 9.17) is 11.6 Å². The summed E-state index contributed by atoms with van der Waals surface area (Å²) in [4.78, 5) is 26.0. The summed E-state index contributed by atoms with van der Waals surface area (Å²) < 4.78 is 0. The van der Waals surface area contributed by atoms with Gasteiger partial charge >= 0.3 is 5.97 Å². The number of amides is 1. The number of hydrogen-bond acceptors (Lipinski definition) is 3. The average Bonchev–Trinajstić information content (AvgIpc) is 3.12. The summed E-state index contributed by atoms with van der Waals surface area (Å²) in [6.45, 7) is 0.619. The SMILES string of the molecule is O=C(O)c1cc(Cl)ccc1Nc1ccc2c(c1)CCN2C(=O)c1ccccc1. The molecule has 0 aliphatic carbocycles. The average molecular weight is 393 g/mol. The first-order valence-electron chi connectivity index (χ1n) is 8.82. The molecule has 2 N–H and O–H groups in total. The van der Waals surface area contributed by atoms with Gasteiger partial charge in [-0.3, -0.25) is 4.79 Å². The van der Waals surface area contributed by atoms with E-state index in [1.54, 1.807) is 17.0 Å². The number of carboxylic acid groups (broad SMARTS) is 1. The Morgan fingerprint density at radius 1 is 1.00 bits per heavy atom. The number of rotatable bonds is 4. The Morgan fingerprint density at radius 3 is 2.54 bits per heavy atom. The molecule has 0 saturated carbocycles. The number of anilines is 3. The smallest absolute Gasteiger partial charge is 0.337 e. The summed E-state index contributed by atoms with van der Waals surface area (Å²) in [5, 5.41) is 12.9. The fraction of sp³-hybridized carbons (Fsp3) is 0.0909. The topological polar surface area (TPSA) is 69.6 Å². The van der Waals surface area contributed by atoms with Gasteiger partial charge in [0.15, 0.2) is 0 Å². The first-order valence-corrected chi connectivity index (χ1v) is 9.20. The highest BCUT2D eigenvalue weighted by molar-refractivity contribution is 6.31. The van der Waals surface area contributed by atoms with E-state index < -0.39 is 5.97 Å². The molecule has 1 heterocycles. The Hall–Kier alpha value is -3.31. The second-order valence-electron chi connectivity index (χ2n) is 6.54. The summed E-state index contributed by atoms with van der Waals surface area (Å²) in [5.74, 6) is -1.07. The van der Waals surface area contributed by atoms with Crippen molar-refractivity contribution in [2.24, 2.45) is 0 Å². The van der Waals surface area contributed by atoms with Crippen LogP contribution in [-0.2, 0) is 6.42 Å². The van der Waals surface area contributed by atoms with Gasteiger partial charge in [0.25, 0.3) is 5.91 Å². The molecule has 3 aromatic rings. The Balaban J connectivity index is 1.60. The van der Waals surface area contributed by atoms with Gasteiger partial charge in [-0.25, -0.2) is 4.79 Å². The summed E-state index contributed by atoms with van der Waals surface area (Å²) in [6.07, 6.45) is 0.746. The van der Waals surface area contributed by atoms with E-state index in [9.17, 15) is 14.7 Å². The molecule has 5 nitrogen and oxygen atoms in total. The van der Waals surface area contributed by atoms with Crippen LogP contribution >= 0.6 is 11.6 Å². The molecule has 1 aliphatic heterocycles. The molecule has 0 atom stereocenters. The van der Waals surface area contributed by atoms with E-state index >= 15 is 0 Å². The van der Waals surface area contributed by atoms with Gasteiger partial charge in [-0.05, 0) is 60.5 Å². The second kappa shape index (κ2) is 7.37. The van der Waals surface area contributed by atoms with Crippen LogP contribution in [0.1, 0.15) is 26.3 Å². The molecule has 0 radical (unpaired) electrons. The van der Waals surface area contributed by atoms with Crippen LogP contribution in [0.15, 0.2) is 66.7 Å². The van der Waals surface area contributed by atoms with Crippen molar-refractivity contribution >= 4 is 40.5 Å². The van der Waals surface area contributed by atoms with Crippen molar-refractivity contribution in [3.05, 3.63) is 88.4 Å². The maximum Gasteiger partial charge on any atom is 0.337 e. The maximum absolute atomic E-state index is 12.8. The zero-order valence-corrected chi connectivity index (χ0v) is 15.6. The van der Waals surface area contributed by atoms with Crippen LogP contribution in [0.2, 0.25) is 5.02 Å². The lowest BCUT2D eigenvalue weighted by atomic mass is 10.1. The summed E-state index contributed by atoms with van der Waals surface area (Å²) in [6, 6.07) is 19.6. The zero-order chi connectivity index (χ0) is 19.7. The van der Waals surface area contributed by atoms with Gasteiger partial charge in [-0.2, -0.15) is 0 Å². The molecular formula is C22H17ClN2O3. The predicted octanol–water partition coefficient (Wildman–Crippen LogP) is 4.98. The normalized spacial score (nSPS) is 12.5. The van der Waals surface area contributed by atoms with Crippen LogP contribution in [0, 0.1) is 0 Å². The van der Waals surface area contributed by atoms with Gasteiger partial charge in [-0.15, -0.1) is 0 Å². The number of carboxylic acids is 1. The van der Waals surface area contributed by atoms with E-state index in [2.05, 4.69) is 5.32 Å². The van der Waals surface area contributed by atoms with Crippen LogP contribution in [-0.4, -0.2) is 23.5 Å². The van der Waals surface area contributed by atoms with Gasteiger partial charge in [-0.1, -0.05) is 29.8 Å². The van der Waals surface area contributed by atoms with Crippen LogP contribution in [0.25, 0.3) is 0 Å². The number of aromatic carboxylic acids is 1. The number of carbonyl (C=O) groups excluding carboxylic acids is 1. The minimum Gasteiger partial charge on any atom is -0.478 e. The van der Waals surface area contributed by atoms with Gasteiger partial charge in [0.2, 0.25) is 0 Å². The fourth-order valence-electron chi connectivity index (χ4n) is 3.38. The molecule has 28 heavy (non-hydrogen) atoms. The molecule has 0 spiro atoms. The lowest BCUT2D eigenvalue weighted by Crippen LogP contribution is -2.28. The number of fused-ring (bicyclic) bond motifs is 1. The van der Waals surface area contributed by atoms with Gasteiger partial charge in [0, 0.05) is 28.5 Å². The Labute approximate surface area is 167 Å². The zero-order valence-electron chi connectivity index (χ0n) is 14.9. The number of nitrogens with zero attached hydrogens (tertiary/aromatic N) is 1. The van der Waals surface area contributed by atoms with Crippen LogP contribution in [0.4, 0.5) is 17.1 Å². The number of hydrogen-bond donors (Lipinski definition) is 2. The first kappa shape index (κ1) is 18.1. The molecule has 0 unspecified atom stereocenters. The van der Waals surface area contributed by atoms with Gasteiger partial charge < -0.3 is 15.3 Å². The highest BCUT2D eigenvalue weighted by atomic mass is 35.5. The lowest BCUT2D eigenvalue weighted by molar-refractivity contribution is 0.0697. The van der Waals surface area contributed by atoms with Crippen LogP contribution < -0.4 is 10.2 Å². The standard InChI is InChI=1S/C22H17ClN2O3/c23-16-6-8-19(18(13-16)22(27)28)24-17-7-9-20-15(12-17)10-11-25(20)21(26)14-4-2-1-3-5-14/h1-9,12-13,24H,10-11H2,(H,27,28). The molecule has 1 amide bonds.